The van der Waals surface area contributed by atoms with Crippen LogP contribution in [0.4, 0.5) is 4.79 Å². The van der Waals surface area contributed by atoms with Crippen LogP contribution in [0.2, 0.25) is 0 Å². The van der Waals surface area contributed by atoms with E-state index < -0.39 is 0 Å². The summed E-state index contributed by atoms with van der Waals surface area (Å²) in [5.74, 6) is 0.409. The van der Waals surface area contributed by atoms with Gasteiger partial charge in [0.15, 0.2) is 0 Å². The topological polar surface area (TPSA) is 41.6 Å². The van der Waals surface area contributed by atoms with Crippen LogP contribution >= 0.6 is 0 Å². The van der Waals surface area contributed by atoms with Gasteiger partial charge >= 0.3 is 6.09 Å². The van der Waals surface area contributed by atoms with Crippen LogP contribution in [0, 0.1) is 5.92 Å². The fourth-order valence-corrected chi connectivity index (χ4v) is 1.18. The Bertz CT molecular complexity index is 165. The number of hydrogen-bond acceptors (Lipinski definition) is 3. The molecule has 1 fully saturated rings. The van der Waals surface area contributed by atoms with Crippen LogP contribution in [0.15, 0.2) is 0 Å². The summed E-state index contributed by atoms with van der Waals surface area (Å²) in [5, 5.41) is 3.19. The van der Waals surface area contributed by atoms with Gasteiger partial charge in [0.1, 0.15) is 0 Å². The van der Waals surface area contributed by atoms with E-state index >= 15 is 0 Å². The summed E-state index contributed by atoms with van der Waals surface area (Å²) in [4.78, 5) is 13.1. The number of nitrogens with one attached hydrogen (secondary N) is 1. The van der Waals surface area contributed by atoms with Gasteiger partial charge in [-0.25, -0.2) is 4.79 Å². The Labute approximate surface area is 79.2 Å². The minimum Gasteiger partial charge on any atom is -0.449 e. The summed E-state index contributed by atoms with van der Waals surface area (Å²) in [6, 6.07) is 0. The SMILES string of the molecule is CC(C)COC(=O)N1CCNCC1. The number of ether oxygens (including phenoxy) is 1. The van der Waals surface area contributed by atoms with E-state index in [0.29, 0.717) is 12.5 Å². The molecule has 0 atom stereocenters. The molecule has 0 aromatic rings. The first-order valence-corrected chi connectivity index (χ1v) is 4.82. The third kappa shape index (κ3) is 3.63. The lowest BCUT2D eigenvalue weighted by Gasteiger charge is -2.26. The standard InChI is InChI=1S/C9H18N2O2/c1-8(2)7-13-9(12)11-5-3-10-4-6-11/h8,10H,3-7H2,1-2H3. The molecule has 1 aliphatic rings. The van der Waals surface area contributed by atoms with Gasteiger partial charge < -0.3 is 15.0 Å². The molecule has 0 unspecified atom stereocenters. The van der Waals surface area contributed by atoms with Crippen molar-refractivity contribution in [1.82, 2.24) is 10.2 Å². The molecule has 76 valence electrons. The van der Waals surface area contributed by atoms with Gasteiger partial charge in [0.05, 0.1) is 6.61 Å². The molecule has 0 radical (unpaired) electrons. The number of hydrogen-bond donors (Lipinski definition) is 1. The zero-order chi connectivity index (χ0) is 9.68. The Hall–Kier alpha value is -0.770. The minimum absolute atomic E-state index is 0.171. The highest BCUT2D eigenvalue weighted by Gasteiger charge is 2.17. The third-order valence-corrected chi connectivity index (χ3v) is 1.92. The van der Waals surface area contributed by atoms with E-state index in [9.17, 15) is 4.79 Å². The number of amides is 1. The van der Waals surface area contributed by atoms with Crippen molar-refractivity contribution < 1.29 is 9.53 Å². The first kappa shape index (κ1) is 10.3. The number of carbonyl (C=O) groups excluding carboxylic acids is 1. The third-order valence-electron chi connectivity index (χ3n) is 1.92. The summed E-state index contributed by atoms with van der Waals surface area (Å²) in [7, 11) is 0. The molecule has 0 aromatic carbocycles. The summed E-state index contributed by atoms with van der Waals surface area (Å²) >= 11 is 0. The molecule has 1 aliphatic heterocycles. The van der Waals surface area contributed by atoms with E-state index in [-0.39, 0.29) is 6.09 Å². The van der Waals surface area contributed by atoms with Crippen molar-refractivity contribution >= 4 is 6.09 Å². The normalized spacial score (nSPS) is 17.6. The van der Waals surface area contributed by atoms with Crippen molar-refractivity contribution in [2.24, 2.45) is 5.92 Å². The largest absolute Gasteiger partial charge is 0.449 e. The second-order valence-electron chi connectivity index (χ2n) is 3.71. The summed E-state index contributed by atoms with van der Waals surface area (Å²) in [6.07, 6.45) is -0.171. The van der Waals surface area contributed by atoms with Gasteiger partial charge in [-0.05, 0) is 5.92 Å². The summed E-state index contributed by atoms with van der Waals surface area (Å²) < 4.78 is 5.10. The van der Waals surface area contributed by atoms with E-state index in [0.717, 1.165) is 26.2 Å². The predicted octanol–water partition coefficient (Wildman–Crippen LogP) is 0.684. The van der Waals surface area contributed by atoms with Gasteiger partial charge in [-0.3, -0.25) is 0 Å². The second-order valence-corrected chi connectivity index (χ2v) is 3.71. The summed E-state index contributed by atoms with van der Waals surface area (Å²) in [6.45, 7) is 7.85. The molecule has 4 heteroatoms. The quantitative estimate of drug-likeness (QED) is 0.689. The zero-order valence-electron chi connectivity index (χ0n) is 8.38. The van der Waals surface area contributed by atoms with Crippen LogP contribution in [-0.2, 0) is 4.74 Å². The maximum absolute atomic E-state index is 11.4. The van der Waals surface area contributed by atoms with Gasteiger partial charge in [0.2, 0.25) is 0 Å². The fraction of sp³-hybridized carbons (Fsp3) is 0.889. The maximum atomic E-state index is 11.4. The van der Waals surface area contributed by atoms with Crippen LogP contribution in [-0.4, -0.2) is 43.8 Å². The van der Waals surface area contributed by atoms with Crippen LogP contribution in [0.5, 0.6) is 0 Å². The smallest absolute Gasteiger partial charge is 0.409 e. The molecule has 0 spiro atoms. The molecular weight excluding hydrogens is 168 g/mol. The van der Waals surface area contributed by atoms with Crippen LogP contribution in [0.3, 0.4) is 0 Å². The van der Waals surface area contributed by atoms with Crippen molar-refractivity contribution in [3.63, 3.8) is 0 Å². The van der Waals surface area contributed by atoms with Crippen LogP contribution in [0.25, 0.3) is 0 Å². The summed E-state index contributed by atoms with van der Waals surface area (Å²) in [5.41, 5.74) is 0. The molecule has 1 N–H and O–H groups in total. The fourth-order valence-electron chi connectivity index (χ4n) is 1.18. The van der Waals surface area contributed by atoms with Gasteiger partial charge in [-0.1, -0.05) is 13.8 Å². The van der Waals surface area contributed by atoms with Crippen molar-refractivity contribution in [2.45, 2.75) is 13.8 Å². The van der Waals surface area contributed by atoms with Crippen LogP contribution in [0.1, 0.15) is 13.8 Å². The lowest BCUT2D eigenvalue weighted by molar-refractivity contribution is 0.0879. The van der Waals surface area contributed by atoms with Crippen LogP contribution < -0.4 is 5.32 Å². The molecule has 1 amide bonds. The van der Waals surface area contributed by atoms with Crippen molar-refractivity contribution in [2.75, 3.05) is 32.8 Å². The molecule has 4 nitrogen and oxygen atoms in total. The second kappa shape index (κ2) is 5.07. The van der Waals surface area contributed by atoms with E-state index in [4.69, 9.17) is 4.74 Å². The highest BCUT2D eigenvalue weighted by Crippen LogP contribution is 1.99. The lowest BCUT2D eigenvalue weighted by Crippen LogP contribution is -2.46. The first-order chi connectivity index (χ1) is 6.20. The first-order valence-electron chi connectivity index (χ1n) is 4.82. The Balaban J connectivity index is 2.21. The average molecular weight is 186 g/mol. The molecule has 0 saturated carbocycles. The number of rotatable bonds is 2. The number of nitrogens with zero attached hydrogens (tertiary/aromatic N) is 1. The number of piperazine rings is 1. The Morgan fingerprint density at radius 2 is 2.08 bits per heavy atom. The van der Waals surface area contributed by atoms with E-state index in [2.05, 4.69) is 5.32 Å². The molecular formula is C9H18N2O2. The Kier molecular flexibility index (Phi) is 4.02. The lowest BCUT2D eigenvalue weighted by atomic mass is 10.2. The van der Waals surface area contributed by atoms with Crippen molar-refractivity contribution in [3.05, 3.63) is 0 Å². The highest BCUT2D eigenvalue weighted by atomic mass is 16.6. The molecule has 13 heavy (non-hydrogen) atoms. The molecule has 0 aliphatic carbocycles. The monoisotopic (exact) mass is 186 g/mol. The van der Waals surface area contributed by atoms with Crippen molar-refractivity contribution in [1.29, 1.82) is 0 Å². The molecule has 1 heterocycles. The Morgan fingerprint density at radius 3 is 2.62 bits per heavy atom. The van der Waals surface area contributed by atoms with Gasteiger partial charge in [0, 0.05) is 26.2 Å². The van der Waals surface area contributed by atoms with Gasteiger partial charge in [-0.2, -0.15) is 0 Å². The van der Waals surface area contributed by atoms with Crippen molar-refractivity contribution in [3.8, 4) is 0 Å². The maximum Gasteiger partial charge on any atom is 0.409 e. The molecule has 1 saturated heterocycles. The predicted molar refractivity (Wildman–Crippen MR) is 50.6 cm³/mol. The van der Waals surface area contributed by atoms with E-state index in [1.165, 1.54) is 0 Å². The van der Waals surface area contributed by atoms with Gasteiger partial charge in [-0.15, -0.1) is 0 Å². The number of carbonyl (C=O) groups is 1. The van der Waals surface area contributed by atoms with E-state index in [1.807, 2.05) is 13.8 Å². The molecule has 0 aromatic heterocycles. The zero-order valence-corrected chi connectivity index (χ0v) is 8.38. The minimum atomic E-state index is -0.171. The molecule has 1 rings (SSSR count). The Morgan fingerprint density at radius 1 is 1.46 bits per heavy atom. The van der Waals surface area contributed by atoms with E-state index in [1.54, 1.807) is 4.90 Å². The highest BCUT2D eigenvalue weighted by molar-refractivity contribution is 5.67. The molecule has 0 bridgehead atoms. The average Bonchev–Trinajstić information content (AvgIpc) is 2.15. The van der Waals surface area contributed by atoms with Gasteiger partial charge in [0.25, 0.3) is 0 Å².